The van der Waals surface area contributed by atoms with Crippen molar-refractivity contribution in [3.8, 4) is 0 Å². The second-order valence-electron chi connectivity index (χ2n) is 6.85. The van der Waals surface area contributed by atoms with Gasteiger partial charge in [-0.3, -0.25) is 0 Å². The van der Waals surface area contributed by atoms with E-state index in [1.807, 2.05) is 41.8 Å². The molecule has 134 valence electrons. The lowest BCUT2D eigenvalue weighted by Crippen LogP contribution is -2.45. The summed E-state index contributed by atoms with van der Waals surface area (Å²) in [7, 11) is 0. The van der Waals surface area contributed by atoms with Crippen molar-refractivity contribution in [1.82, 2.24) is 10.6 Å². The molecule has 4 nitrogen and oxygen atoms in total. The molecule has 0 saturated heterocycles. The second kappa shape index (κ2) is 7.09. The Balaban J connectivity index is 1.38. The molecule has 4 rings (SSSR count). The largest absolute Gasteiger partial charge is 0.382 e. The van der Waals surface area contributed by atoms with E-state index in [4.69, 9.17) is 0 Å². The van der Waals surface area contributed by atoms with Gasteiger partial charge in [0.25, 0.3) is 0 Å². The van der Waals surface area contributed by atoms with E-state index >= 15 is 0 Å². The van der Waals surface area contributed by atoms with Gasteiger partial charge in [0.1, 0.15) is 5.60 Å². The minimum Gasteiger partial charge on any atom is -0.382 e. The molecule has 26 heavy (non-hydrogen) atoms. The Labute approximate surface area is 156 Å². The smallest absolute Gasteiger partial charge is 0.315 e. The molecule has 2 amide bonds. The van der Waals surface area contributed by atoms with Gasteiger partial charge in [0.05, 0.1) is 6.54 Å². The van der Waals surface area contributed by atoms with Gasteiger partial charge < -0.3 is 15.7 Å². The normalized spacial score (nSPS) is 16.2. The molecule has 1 atom stereocenters. The van der Waals surface area contributed by atoms with E-state index in [1.54, 1.807) is 0 Å². The van der Waals surface area contributed by atoms with Crippen molar-refractivity contribution < 1.29 is 9.90 Å². The highest BCUT2D eigenvalue weighted by molar-refractivity contribution is 7.10. The lowest BCUT2D eigenvalue weighted by atomic mass is 9.96. The Morgan fingerprint density at radius 2 is 1.88 bits per heavy atom. The summed E-state index contributed by atoms with van der Waals surface area (Å²) in [6.45, 7) is 0.688. The van der Waals surface area contributed by atoms with Crippen LogP contribution in [0.1, 0.15) is 23.3 Å². The van der Waals surface area contributed by atoms with E-state index < -0.39 is 5.60 Å². The summed E-state index contributed by atoms with van der Waals surface area (Å²) in [5.41, 5.74) is 0.124. The first-order chi connectivity index (χ1) is 12.7. The number of urea groups is 1. The van der Waals surface area contributed by atoms with Crippen LogP contribution in [0, 0.1) is 5.92 Å². The number of carbonyl (C=O) groups excluding carboxylic acids is 1. The molecule has 0 aliphatic heterocycles. The predicted molar refractivity (Wildman–Crippen MR) is 105 cm³/mol. The van der Waals surface area contributed by atoms with Crippen LogP contribution < -0.4 is 10.6 Å². The maximum absolute atomic E-state index is 12.3. The van der Waals surface area contributed by atoms with E-state index in [1.165, 1.54) is 11.3 Å². The lowest BCUT2D eigenvalue weighted by Gasteiger charge is -2.27. The van der Waals surface area contributed by atoms with Gasteiger partial charge in [0.15, 0.2) is 0 Å². The minimum atomic E-state index is -0.953. The van der Waals surface area contributed by atoms with Crippen LogP contribution in [-0.4, -0.2) is 17.7 Å². The highest BCUT2D eigenvalue weighted by Crippen LogP contribution is 2.46. The fourth-order valence-corrected chi connectivity index (χ4v) is 4.32. The summed E-state index contributed by atoms with van der Waals surface area (Å²) in [5.74, 6) is 0.236. The molecule has 0 spiro atoms. The van der Waals surface area contributed by atoms with Crippen LogP contribution in [-0.2, 0) is 12.1 Å². The molecule has 1 saturated carbocycles. The molecule has 2 aromatic carbocycles. The van der Waals surface area contributed by atoms with Crippen molar-refractivity contribution in [3.05, 3.63) is 70.4 Å². The molecule has 5 heteroatoms. The zero-order chi connectivity index (χ0) is 18.0. The van der Waals surface area contributed by atoms with Gasteiger partial charge in [-0.05, 0) is 46.5 Å². The van der Waals surface area contributed by atoms with Crippen molar-refractivity contribution in [2.75, 3.05) is 6.54 Å². The van der Waals surface area contributed by atoms with Gasteiger partial charge in [-0.1, -0.05) is 48.5 Å². The first-order valence-electron chi connectivity index (χ1n) is 8.91. The zero-order valence-corrected chi connectivity index (χ0v) is 15.3. The van der Waals surface area contributed by atoms with E-state index in [9.17, 15) is 9.90 Å². The molecular weight excluding hydrogens is 344 g/mol. The van der Waals surface area contributed by atoms with Gasteiger partial charge in [0, 0.05) is 11.4 Å². The van der Waals surface area contributed by atoms with E-state index in [0.29, 0.717) is 6.54 Å². The molecule has 1 aliphatic carbocycles. The third-order valence-electron chi connectivity index (χ3n) is 5.04. The number of hydrogen-bond donors (Lipinski definition) is 3. The summed E-state index contributed by atoms with van der Waals surface area (Å²) in [4.78, 5) is 13.2. The van der Waals surface area contributed by atoms with Gasteiger partial charge in [-0.25, -0.2) is 4.79 Å². The molecule has 1 heterocycles. The Kier molecular flexibility index (Phi) is 4.66. The molecule has 1 aliphatic rings. The van der Waals surface area contributed by atoms with Crippen LogP contribution in [0.3, 0.4) is 0 Å². The zero-order valence-electron chi connectivity index (χ0n) is 14.4. The standard InChI is InChI=1S/C21H22N2O2S/c24-20(22-13-16-7-3-6-15-5-1-2-8-18(15)16)23-14-21(25,17-10-11-17)19-9-4-12-26-19/h1-9,12,17,25H,10-11,13-14H2,(H2,22,23,24)/t21-/m0/s1. The molecule has 1 aromatic heterocycles. The summed E-state index contributed by atoms with van der Waals surface area (Å²) in [5, 5.41) is 21.1. The summed E-state index contributed by atoms with van der Waals surface area (Å²) < 4.78 is 0. The number of thiophene rings is 1. The number of hydrogen-bond acceptors (Lipinski definition) is 3. The van der Waals surface area contributed by atoms with Crippen LogP contribution in [0.5, 0.6) is 0 Å². The maximum Gasteiger partial charge on any atom is 0.315 e. The number of carbonyl (C=O) groups is 1. The molecule has 0 radical (unpaired) electrons. The number of aliphatic hydroxyl groups is 1. The quantitative estimate of drug-likeness (QED) is 0.617. The highest BCUT2D eigenvalue weighted by Gasteiger charge is 2.45. The molecule has 0 bridgehead atoms. The van der Waals surface area contributed by atoms with Gasteiger partial charge >= 0.3 is 6.03 Å². The molecular formula is C21H22N2O2S. The monoisotopic (exact) mass is 366 g/mol. The van der Waals surface area contributed by atoms with Crippen LogP contribution in [0.4, 0.5) is 4.79 Å². The maximum atomic E-state index is 12.3. The second-order valence-corrected chi connectivity index (χ2v) is 7.80. The first kappa shape index (κ1) is 17.1. The Hall–Kier alpha value is -2.37. The summed E-state index contributed by atoms with van der Waals surface area (Å²) >= 11 is 1.54. The third-order valence-corrected chi connectivity index (χ3v) is 6.08. The Bertz CT molecular complexity index is 900. The van der Waals surface area contributed by atoms with Crippen LogP contribution in [0.2, 0.25) is 0 Å². The fourth-order valence-electron chi connectivity index (χ4n) is 3.42. The van der Waals surface area contributed by atoms with Crippen LogP contribution >= 0.6 is 11.3 Å². The number of nitrogens with one attached hydrogen (secondary N) is 2. The van der Waals surface area contributed by atoms with Gasteiger partial charge in [0.2, 0.25) is 0 Å². The summed E-state index contributed by atoms with van der Waals surface area (Å²) in [6.07, 6.45) is 2.02. The van der Waals surface area contributed by atoms with E-state index in [-0.39, 0.29) is 18.5 Å². The predicted octanol–water partition coefficient (Wildman–Crippen LogP) is 4.00. The number of benzene rings is 2. The van der Waals surface area contributed by atoms with E-state index in [2.05, 4.69) is 28.8 Å². The van der Waals surface area contributed by atoms with Crippen molar-refractivity contribution in [3.63, 3.8) is 0 Å². The topological polar surface area (TPSA) is 61.4 Å². The number of rotatable bonds is 6. The lowest BCUT2D eigenvalue weighted by molar-refractivity contribution is 0.0196. The van der Waals surface area contributed by atoms with Crippen molar-refractivity contribution in [1.29, 1.82) is 0 Å². The SMILES string of the molecule is O=C(NCc1cccc2ccccc12)NC[C@@](O)(c1cccs1)C1CC1. The van der Waals surface area contributed by atoms with Gasteiger partial charge in [-0.15, -0.1) is 11.3 Å². The average Bonchev–Trinajstić information content (AvgIpc) is 3.39. The molecule has 0 unspecified atom stereocenters. The number of fused-ring (bicyclic) bond motifs is 1. The number of amides is 2. The van der Waals surface area contributed by atoms with Gasteiger partial charge in [-0.2, -0.15) is 0 Å². The minimum absolute atomic E-state index is 0.236. The highest BCUT2D eigenvalue weighted by atomic mass is 32.1. The average molecular weight is 366 g/mol. The summed E-state index contributed by atoms with van der Waals surface area (Å²) in [6, 6.07) is 17.9. The first-order valence-corrected chi connectivity index (χ1v) is 9.79. The molecule has 3 N–H and O–H groups in total. The van der Waals surface area contributed by atoms with Crippen LogP contribution in [0.25, 0.3) is 10.8 Å². The van der Waals surface area contributed by atoms with Crippen molar-refractivity contribution in [2.45, 2.75) is 25.0 Å². The Morgan fingerprint density at radius 1 is 1.08 bits per heavy atom. The van der Waals surface area contributed by atoms with Crippen LogP contribution in [0.15, 0.2) is 60.0 Å². The Morgan fingerprint density at radius 3 is 2.65 bits per heavy atom. The molecule has 1 fully saturated rings. The van der Waals surface area contributed by atoms with Crippen molar-refractivity contribution in [2.24, 2.45) is 5.92 Å². The third kappa shape index (κ3) is 3.45. The van der Waals surface area contributed by atoms with Crippen molar-refractivity contribution >= 4 is 28.1 Å². The van der Waals surface area contributed by atoms with E-state index in [0.717, 1.165) is 34.1 Å². The molecule has 3 aromatic rings. The fraction of sp³-hybridized carbons (Fsp3) is 0.286.